The van der Waals surface area contributed by atoms with Crippen LogP contribution in [0.25, 0.3) is 5.76 Å². The van der Waals surface area contributed by atoms with Crippen molar-refractivity contribution in [1.82, 2.24) is 4.90 Å². The van der Waals surface area contributed by atoms with Crippen molar-refractivity contribution >= 4 is 17.4 Å². The van der Waals surface area contributed by atoms with Crippen LogP contribution in [0.5, 0.6) is 5.75 Å². The van der Waals surface area contributed by atoms with E-state index in [1.807, 2.05) is 57.2 Å². The van der Waals surface area contributed by atoms with Gasteiger partial charge in [0.05, 0.1) is 18.7 Å². The highest BCUT2D eigenvalue weighted by Gasteiger charge is 2.46. The number of methoxy groups -OCH3 is 2. The van der Waals surface area contributed by atoms with Crippen molar-refractivity contribution in [2.45, 2.75) is 65.3 Å². The molecule has 1 atom stereocenters. The molecule has 0 bridgehead atoms. The summed E-state index contributed by atoms with van der Waals surface area (Å²) in [6.45, 7) is 13.2. The zero-order chi connectivity index (χ0) is 26.8. The number of aliphatic hydroxyl groups excluding tert-OH is 1. The van der Waals surface area contributed by atoms with Gasteiger partial charge in [-0.15, -0.1) is 0 Å². The van der Waals surface area contributed by atoms with Gasteiger partial charge in [0.25, 0.3) is 11.7 Å². The summed E-state index contributed by atoms with van der Waals surface area (Å²) in [6, 6.07) is 11.0. The predicted octanol–water partition coefficient (Wildman–Crippen LogP) is 5.88. The highest BCUT2D eigenvalue weighted by Crippen LogP contribution is 2.41. The molecule has 1 aliphatic heterocycles. The first-order chi connectivity index (χ1) is 16.9. The quantitative estimate of drug-likeness (QED) is 0.215. The lowest BCUT2D eigenvalue weighted by Crippen LogP contribution is -2.31. The number of rotatable bonds is 8. The molecule has 6 heteroatoms. The maximum Gasteiger partial charge on any atom is 0.295 e. The van der Waals surface area contributed by atoms with Crippen molar-refractivity contribution in [1.29, 1.82) is 0 Å². The average Bonchev–Trinajstić information content (AvgIpc) is 3.08. The van der Waals surface area contributed by atoms with E-state index >= 15 is 0 Å². The van der Waals surface area contributed by atoms with E-state index in [2.05, 4.69) is 20.8 Å². The number of aryl methyl sites for hydroxylation is 1. The Kier molecular flexibility index (Phi) is 8.29. The molecule has 0 aromatic heterocycles. The first kappa shape index (κ1) is 27.5. The molecule has 1 saturated heterocycles. The lowest BCUT2D eigenvalue weighted by molar-refractivity contribution is -0.140. The smallest absolute Gasteiger partial charge is 0.295 e. The summed E-state index contributed by atoms with van der Waals surface area (Å²) in [7, 11) is 3.22. The summed E-state index contributed by atoms with van der Waals surface area (Å²) in [5.74, 6) is -0.559. The molecule has 0 spiro atoms. The van der Waals surface area contributed by atoms with Crippen molar-refractivity contribution in [2.75, 3.05) is 27.4 Å². The fourth-order valence-corrected chi connectivity index (χ4v) is 4.73. The molecule has 0 saturated carbocycles. The SMILES string of the molecule is COCCCN1C(=O)C(=O)/C(=C(/O)c2cc(C(C)C)c(OC)cc2C)C1c1ccc(C(C)(C)C)cc1. The van der Waals surface area contributed by atoms with Gasteiger partial charge in [-0.05, 0) is 59.1 Å². The number of hydrogen-bond donors (Lipinski definition) is 1. The second kappa shape index (κ2) is 10.9. The molecule has 0 aliphatic carbocycles. The van der Waals surface area contributed by atoms with Gasteiger partial charge in [0.1, 0.15) is 11.5 Å². The highest BCUT2D eigenvalue weighted by atomic mass is 16.5. The van der Waals surface area contributed by atoms with Crippen molar-refractivity contribution in [3.8, 4) is 5.75 Å². The largest absolute Gasteiger partial charge is 0.507 e. The minimum absolute atomic E-state index is 0.0355. The molecular formula is C30H39NO5. The Bertz CT molecular complexity index is 1160. The second-order valence-corrected chi connectivity index (χ2v) is 10.8. The van der Waals surface area contributed by atoms with Gasteiger partial charge >= 0.3 is 0 Å². The maximum absolute atomic E-state index is 13.4. The number of likely N-dealkylation sites (tertiary alicyclic amines) is 1. The topological polar surface area (TPSA) is 76.1 Å². The van der Waals surface area contributed by atoms with Crippen LogP contribution in [0.3, 0.4) is 0 Å². The van der Waals surface area contributed by atoms with Crippen LogP contribution in [0.15, 0.2) is 42.0 Å². The van der Waals surface area contributed by atoms with E-state index in [0.717, 1.165) is 28.0 Å². The van der Waals surface area contributed by atoms with Gasteiger partial charge in [-0.1, -0.05) is 58.9 Å². The number of aliphatic hydroxyl groups is 1. The van der Waals surface area contributed by atoms with Gasteiger partial charge < -0.3 is 19.5 Å². The molecule has 194 valence electrons. The van der Waals surface area contributed by atoms with Crippen LogP contribution in [0.2, 0.25) is 0 Å². The minimum Gasteiger partial charge on any atom is -0.507 e. The van der Waals surface area contributed by atoms with Crippen molar-refractivity contribution in [3.05, 3.63) is 69.8 Å². The number of Topliss-reactive ketones (excluding diaryl/α,β-unsaturated/α-hetero) is 1. The zero-order valence-corrected chi connectivity index (χ0v) is 22.8. The lowest BCUT2D eigenvalue weighted by Gasteiger charge is -2.26. The summed E-state index contributed by atoms with van der Waals surface area (Å²) in [6.07, 6.45) is 0.583. The van der Waals surface area contributed by atoms with Crippen molar-refractivity contribution in [3.63, 3.8) is 0 Å². The summed E-state index contributed by atoms with van der Waals surface area (Å²) in [5.41, 5.74) is 4.24. The molecule has 2 aromatic carbocycles. The molecule has 2 aromatic rings. The fraction of sp³-hybridized carbons (Fsp3) is 0.467. The number of ether oxygens (including phenoxy) is 2. The second-order valence-electron chi connectivity index (χ2n) is 10.8. The monoisotopic (exact) mass is 493 g/mol. The summed E-state index contributed by atoms with van der Waals surface area (Å²) in [4.78, 5) is 28.1. The van der Waals surface area contributed by atoms with E-state index in [0.29, 0.717) is 25.1 Å². The molecule has 1 amide bonds. The Balaban J connectivity index is 2.21. The average molecular weight is 494 g/mol. The lowest BCUT2D eigenvalue weighted by atomic mass is 9.85. The summed E-state index contributed by atoms with van der Waals surface area (Å²) >= 11 is 0. The van der Waals surface area contributed by atoms with Gasteiger partial charge in [-0.2, -0.15) is 0 Å². The number of carbonyl (C=O) groups excluding carboxylic acids is 2. The van der Waals surface area contributed by atoms with Crippen molar-refractivity contribution in [2.24, 2.45) is 0 Å². The third kappa shape index (κ3) is 5.34. The molecule has 36 heavy (non-hydrogen) atoms. The first-order valence-electron chi connectivity index (χ1n) is 12.5. The fourth-order valence-electron chi connectivity index (χ4n) is 4.73. The Morgan fingerprint density at radius 3 is 2.25 bits per heavy atom. The number of ketones is 1. The van der Waals surface area contributed by atoms with Gasteiger partial charge in [-0.25, -0.2) is 0 Å². The number of benzene rings is 2. The Morgan fingerprint density at radius 2 is 1.72 bits per heavy atom. The molecular weight excluding hydrogens is 454 g/mol. The number of carbonyl (C=O) groups is 2. The van der Waals surface area contributed by atoms with Crippen LogP contribution in [0, 0.1) is 6.92 Å². The van der Waals surface area contributed by atoms with Crippen molar-refractivity contribution < 1.29 is 24.2 Å². The third-order valence-corrected chi connectivity index (χ3v) is 6.83. The standard InChI is InChI=1S/C30H39NO5/c1-18(2)22-17-23(19(3)16-24(22)36-8)27(32)25-26(20-10-12-21(13-11-20)30(4,5)6)31(14-9-15-35-7)29(34)28(25)33/h10-13,16-18,26,32H,9,14-15H2,1-8H3/b27-25+. The number of amides is 1. The van der Waals surface area contributed by atoms with Crippen LogP contribution >= 0.6 is 0 Å². The summed E-state index contributed by atoms with van der Waals surface area (Å²) < 4.78 is 10.7. The molecule has 1 N–H and O–H groups in total. The van der Waals surface area contributed by atoms with Crippen LogP contribution in [-0.4, -0.2) is 49.1 Å². The molecule has 1 unspecified atom stereocenters. The van der Waals surface area contributed by atoms with Gasteiger partial charge in [-0.3, -0.25) is 9.59 Å². The Morgan fingerprint density at radius 1 is 1.08 bits per heavy atom. The normalized spacial score (nSPS) is 17.8. The first-order valence-corrected chi connectivity index (χ1v) is 12.5. The van der Waals surface area contributed by atoms with E-state index in [4.69, 9.17) is 9.47 Å². The Labute approximate surface area is 214 Å². The Hall–Kier alpha value is -3.12. The van der Waals surface area contributed by atoms with Gasteiger partial charge in [0, 0.05) is 25.8 Å². The molecule has 1 fully saturated rings. The minimum atomic E-state index is -0.681. The van der Waals surface area contributed by atoms with Gasteiger partial charge in [0.2, 0.25) is 0 Å². The molecule has 1 heterocycles. The van der Waals surface area contributed by atoms with Crippen LogP contribution in [-0.2, 0) is 19.7 Å². The van der Waals surface area contributed by atoms with E-state index in [1.165, 1.54) is 0 Å². The van der Waals surface area contributed by atoms with E-state index in [-0.39, 0.29) is 22.7 Å². The summed E-state index contributed by atoms with van der Waals surface area (Å²) in [5, 5.41) is 11.6. The highest BCUT2D eigenvalue weighted by molar-refractivity contribution is 6.46. The maximum atomic E-state index is 13.4. The molecule has 0 radical (unpaired) electrons. The predicted molar refractivity (Wildman–Crippen MR) is 142 cm³/mol. The van der Waals surface area contributed by atoms with Gasteiger partial charge in [0.15, 0.2) is 0 Å². The van der Waals surface area contributed by atoms with Crippen LogP contribution in [0.1, 0.15) is 80.8 Å². The van der Waals surface area contributed by atoms with E-state index in [1.54, 1.807) is 19.1 Å². The zero-order valence-electron chi connectivity index (χ0n) is 22.8. The van der Waals surface area contributed by atoms with E-state index < -0.39 is 17.7 Å². The molecule has 1 aliphatic rings. The van der Waals surface area contributed by atoms with Crippen LogP contribution in [0.4, 0.5) is 0 Å². The van der Waals surface area contributed by atoms with E-state index in [9.17, 15) is 14.7 Å². The third-order valence-electron chi connectivity index (χ3n) is 6.83. The molecule has 6 nitrogen and oxygen atoms in total. The number of nitrogens with zero attached hydrogens (tertiary/aromatic N) is 1. The van der Waals surface area contributed by atoms with Crippen LogP contribution < -0.4 is 4.74 Å². The number of hydrogen-bond acceptors (Lipinski definition) is 5. The molecule has 3 rings (SSSR count).